The molecule has 110 valence electrons. The Morgan fingerprint density at radius 2 is 2.11 bits per heavy atom. The first-order chi connectivity index (χ1) is 8.92. The Balaban J connectivity index is 2.35. The second kappa shape index (κ2) is 7.53. The zero-order valence-electron chi connectivity index (χ0n) is 12.5. The van der Waals surface area contributed by atoms with Crippen LogP contribution in [0, 0.1) is 0 Å². The van der Waals surface area contributed by atoms with Gasteiger partial charge in [0.1, 0.15) is 11.7 Å². The van der Waals surface area contributed by atoms with Gasteiger partial charge in [0, 0.05) is 6.42 Å². The third-order valence-electron chi connectivity index (χ3n) is 2.81. The number of hydrogen-bond acceptors (Lipinski definition) is 4. The largest absolute Gasteiger partial charge is 0.509 e. The van der Waals surface area contributed by atoms with Gasteiger partial charge in [-0.25, -0.2) is 4.79 Å². The fraction of sp³-hybridized carbons (Fsp3) is 0.800. The number of carbonyl (C=O) groups is 1. The van der Waals surface area contributed by atoms with Crippen LogP contribution in [0.15, 0.2) is 12.2 Å². The molecular formula is C15H26O4. The maximum atomic E-state index is 11.6. The van der Waals surface area contributed by atoms with E-state index in [1.165, 1.54) is 0 Å². The predicted molar refractivity (Wildman–Crippen MR) is 74.1 cm³/mol. The Hall–Kier alpha value is -1.03. The van der Waals surface area contributed by atoms with E-state index in [1.807, 2.05) is 20.8 Å². The van der Waals surface area contributed by atoms with Crippen molar-refractivity contribution in [3.05, 3.63) is 12.2 Å². The summed E-state index contributed by atoms with van der Waals surface area (Å²) in [4.78, 5) is 11.6. The fourth-order valence-electron chi connectivity index (χ4n) is 1.98. The lowest BCUT2D eigenvalue weighted by Crippen LogP contribution is -2.31. The van der Waals surface area contributed by atoms with Crippen LogP contribution in [0.5, 0.6) is 0 Å². The number of carbonyl (C=O) groups excluding carboxylic acids is 1. The first kappa shape index (κ1) is 16.0. The van der Waals surface area contributed by atoms with Crippen LogP contribution in [0.1, 0.15) is 53.4 Å². The summed E-state index contributed by atoms with van der Waals surface area (Å²) in [5.41, 5.74) is -0.518. The van der Waals surface area contributed by atoms with Crippen molar-refractivity contribution in [1.29, 1.82) is 0 Å². The number of ether oxygens (including phenoxy) is 3. The molecule has 19 heavy (non-hydrogen) atoms. The molecule has 0 aliphatic carbocycles. The Kier molecular flexibility index (Phi) is 6.35. The second-order valence-electron chi connectivity index (χ2n) is 5.78. The average molecular weight is 270 g/mol. The molecule has 1 heterocycles. The number of allylic oxidation sites excluding steroid dienone is 2. The second-order valence-corrected chi connectivity index (χ2v) is 5.78. The average Bonchev–Trinajstić information content (AvgIpc) is 2.69. The monoisotopic (exact) mass is 270 g/mol. The first-order valence-corrected chi connectivity index (χ1v) is 7.08. The summed E-state index contributed by atoms with van der Waals surface area (Å²) in [7, 11) is 0. The molecule has 0 amide bonds. The van der Waals surface area contributed by atoms with E-state index in [4.69, 9.17) is 14.2 Å². The first-order valence-electron chi connectivity index (χ1n) is 7.08. The van der Waals surface area contributed by atoms with Crippen LogP contribution < -0.4 is 0 Å². The molecule has 0 aromatic rings. The van der Waals surface area contributed by atoms with E-state index >= 15 is 0 Å². The highest BCUT2D eigenvalue weighted by Crippen LogP contribution is 2.22. The molecule has 1 aliphatic rings. The quantitative estimate of drug-likeness (QED) is 0.562. The molecule has 1 rings (SSSR count). The molecule has 0 N–H and O–H groups in total. The van der Waals surface area contributed by atoms with E-state index in [0.29, 0.717) is 6.61 Å². The lowest BCUT2D eigenvalue weighted by molar-refractivity contribution is -0.0452. The lowest BCUT2D eigenvalue weighted by atomic mass is 10.1. The Labute approximate surface area is 116 Å². The summed E-state index contributed by atoms with van der Waals surface area (Å²) in [6, 6.07) is 0. The van der Waals surface area contributed by atoms with Crippen molar-refractivity contribution >= 4 is 6.16 Å². The zero-order valence-corrected chi connectivity index (χ0v) is 12.5. The summed E-state index contributed by atoms with van der Waals surface area (Å²) < 4.78 is 16.1. The summed E-state index contributed by atoms with van der Waals surface area (Å²) in [6.45, 7) is 8.23. The van der Waals surface area contributed by atoms with E-state index in [-0.39, 0.29) is 12.2 Å². The smallest absolute Gasteiger partial charge is 0.429 e. The van der Waals surface area contributed by atoms with Crippen LogP contribution in [-0.4, -0.2) is 30.6 Å². The predicted octanol–water partition coefficient (Wildman–Crippen LogP) is 3.84. The van der Waals surface area contributed by atoms with Crippen molar-refractivity contribution in [2.75, 3.05) is 6.61 Å². The Morgan fingerprint density at radius 3 is 2.74 bits per heavy atom. The van der Waals surface area contributed by atoms with E-state index < -0.39 is 11.8 Å². The third-order valence-corrected chi connectivity index (χ3v) is 2.81. The van der Waals surface area contributed by atoms with Gasteiger partial charge in [-0.15, -0.1) is 0 Å². The molecule has 0 bridgehead atoms. The topological polar surface area (TPSA) is 44.8 Å². The van der Waals surface area contributed by atoms with Crippen LogP contribution in [0.3, 0.4) is 0 Å². The maximum absolute atomic E-state index is 11.6. The van der Waals surface area contributed by atoms with E-state index in [2.05, 4.69) is 19.1 Å². The van der Waals surface area contributed by atoms with Gasteiger partial charge in [0.15, 0.2) is 0 Å². The normalized spacial score (nSPS) is 23.8. The standard InChI is InChI=1S/C15H26O4/c1-5-6-7-8-9-12-13(10-11-17-12)18-14(16)19-15(2,3)4/h6-7,12-13H,5,8-11H2,1-4H3/b7-6+. The van der Waals surface area contributed by atoms with E-state index in [9.17, 15) is 4.79 Å². The van der Waals surface area contributed by atoms with Gasteiger partial charge < -0.3 is 14.2 Å². The zero-order chi connectivity index (χ0) is 14.3. The molecule has 4 heteroatoms. The van der Waals surface area contributed by atoms with Crippen molar-refractivity contribution < 1.29 is 19.0 Å². The van der Waals surface area contributed by atoms with Crippen LogP contribution in [-0.2, 0) is 14.2 Å². The van der Waals surface area contributed by atoms with Crippen molar-refractivity contribution in [1.82, 2.24) is 0 Å². The SMILES string of the molecule is CC/C=C/CCC1OCCC1OC(=O)OC(C)(C)C. The molecule has 1 fully saturated rings. The number of rotatable bonds is 5. The van der Waals surface area contributed by atoms with Crippen LogP contribution in [0.4, 0.5) is 4.79 Å². The van der Waals surface area contributed by atoms with Crippen LogP contribution in [0.2, 0.25) is 0 Å². The minimum Gasteiger partial charge on any atom is -0.429 e. The van der Waals surface area contributed by atoms with Gasteiger partial charge in [-0.1, -0.05) is 19.1 Å². The van der Waals surface area contributed by atoms with Gasteiger partial charge in [-0.3, -0.25) is 0 Å². The summed E-state index contributed by atoms with van der Waals surface area (Å²) in [5, 5.41) is 0. The highest BCUT2D eigenvalue weighted by Gasteiger charge is 2.32. The van der Waals surface area contributed by atoms with Gasteiger partial charge in [-0.2, -0.15) is 0 Å². The van der Waals surface area contributed by atoms with Crippen molar-refractivity contribution in [3.63, 3.8) is 0 Å². The van der Waals surface area contributed by atoms with Gasteiger partial charge in [0.25, 0.3) is 0 Å². The molecular weight excluding hydrogens is 244 g/mol. The maximum Gasteiger partial charge on any atom is 0.509 e. The molecule has 2 atom stereocenters. The minimum atomic E-state index is -0.600. The van der Waals surface area contributed by atoms with Crippen molar-refractivity contribution in [2.24, 2.45) is 0 Å². The van der Waals surface area contributed by atoms with Gasteiger partial charge in [0.05, 0.1) is 12.7 Å². The molecule has 0 aromatic carbocycles. The van der Waals surface area contributed by atoms with Crippen molar-refractivity contribution in [2.45, 2.75) is 71.2 Å². The summed E-state index contributed by atoms with van der Waals surface area (Å²) in [5.74, 6) is 0. The Morgan fingerprint density at radius 1 is 1.37 bits per heavy atom. The Bertz CT molecular complexity index is 304. The summed E-state index contributed by atoms with van der Waals surface area (Å²) >= 11 is 0. The molecule has 4 nitrogen and oxygen atoms in total. The van der Waals surface area contributed by atoms with Crippen LogP contribution >= 0.6 is 0 Å². The summed E-state index contributed by atoms with van der Waals surface area (Å²) in [6.07, 6.45) is 7.13. The van der Waals surface area contributed by atoms with Gasteiger partial charge in [0.2, 0.25) is 0 Å². The van der Waals surface area contributed by atoms with Gasteiger partial charge >= 0.3 is 6.16 Å². The molecule has 1 saturated heterocycles. The lowest BCUT2D eigenvalue weighted by Gasteiger charge is -2.22. The minimum absolute atomic E-state index is 0.00553. The highest BCUT2D eigenvalue weighted by atomic mass is 16.7. The molecule has 0 radical (unpaired) electrons. The molecule has 2 unspecified atom stereocenters. The number of hydrogen-bond donors (Lipinski definition) is 0. The van der Waals surface area contributed by atoms with Crippen LogP contribution in [0.25, 0.3) is 0 Å². The third kappa shape index (κ3) is 6.62. The molecule has 0 spiro atoms. The van der Waals surface area contributed by atoms with Crippen molar-refractivity contribution in [3.8, 4) is 0 Å². The molecule has 0 saturated carbocycles. The van der Waals surface area contributed by atoms with E-state index in [0.717, 1.165) is 25.7 Å². The highest BCUT2D eigenvalue weighted by molar-refractivity contribution is 5.60. The van der Waals surface area contributed by atoms with Gasteiger partial charge in [-0.05, 0) is 40.0 Å². The van der Waals surface area contributed by atoms with E-state index in [1.54, 1.807) is 0 Å². The molecule has 1 aliphatic heterocycles. The molecule has 0 aromatic heterocycles. The fourth-order valence-corrected chi connectivity index (χ4v) is 1.98.